The normalized spacial score (nSPS) is 23.5. The van der Waals surface area contributed by atoms with Crippen molar-refractivity contribution in [3.63, 3.8) is 0 Å². The summed E-state index contributed by atoms with van der Waals surface area (Å²) in [6.07, 6.45) is 9.27. The Bertz CT molecular complexity index is 622. The van der Waals surface area contributed by atoms with Gasteiger partial charge < -0.3 is 41.0 Å². The van der Waals surface area contributed by atoms with Gasteiger partial charge in [-0.3, -0.25) is 0 Å². The van der Waals surface area contributed by atoms with Gasteiger partial charge in [-0.1, -0.05) is 19.3 Å². The molecule has 2 saturated heterocycles. The van der Waals surface area contributed by atoms with E-state index in [-0.39, 0.29) is 23.1 Å². The maximum atomic E-state index is 11.3. The molecular weight excluding hydrogens is 384 g/mol. The summed E-state index contributed by atoms with van der Waals surface area (Å²) in [4.78, 5) is 11.3. The predicted octanol–water partition coefficient (Wildman–Crippen LogP) is 4.55. The maximum Gasteiger partial charge on any atom is 0.315 e. The van der Waals surface area contributed by atoms with Gasteiger partial charge in [0.1, 0.15) is 0 Å². The van der Waals surface area contributed by atoms with Crippen LogP contribution in [0.1, 0.15) is 31.2 Å². The standard InChI is InChI=1S/C16H21N2OS.C5H5.Fe/c19-16-17-13-11-20-14(15(13)18-16)10-4-2-1-3-7-12-8-5-6-9-12;1-2-4-5-3-1;/h3,5-9,13-15H,1-2,4,10-11H2,(H2,17,18,19);1-5H;/q-1;-5;/b7-3+;;/t13-,14-,15-;;/m0../s1. The van der Waals surface area contributed by atoms with Crippen LogP contribution in [0.5, 0.6) is 0 Å². The molecule has 2 aromatic carbocycles. The largest absolute Gasteiger partial charge is 0.748 e. The number of thioether (sulfide) groups is 1. The number of rotatable bonds is 6. The Labute approximate surface area is 171 Å². The summed E-state index contributed by atoms with van der Waals surface area (Å²) in [6, 6.07) is 19.1. The first-order chi connectivity index (χ1) is 12.3. The smallest absolute Gasteiger partial charge is 0.315 e. The molecule has 0 saturated carbocycles. The number of urea groups is 1. The first-order valence-corrected chi connectivity index (χ1v) is 10.1. The van der Waals surface area contributed by atoms with Gasteiger partial charge >= 0.3 is 6.03 Å². The van der Waals surface area contributed by atoms with Gasteiger partial charge in [-0.25, -0.2) is 4.79 Å². The molecular formula is C21H26FeN2OS-6. The fourth-order valence-corrected chi connectivity index (χ4v) is 4.83. The van der Waals surface area contributed by atoms with Crippen molar-refractivity contribution in [2.45, 2.75) is 43.0 Å². The zero-order chi connectivity index (χ0) is 17.3. The molecule has 0 radical (unpaired) electrons. The molecule has 2 aliphatic heterocycles. The Balaban J connectivity index is 0.000000351. The molecule has 4 rings (SSSR count). The van der Waals surface area contributed by atoms with Crippen LogP contribution < -0.4 is 10.6 Å². The SMILES string of the molecule is O=C1N[C@H]2[C@H](CS[C@H]2CCCC/C=C/[c-]2cccc2)N1.[Fe].[cH-]1[cH-][cH-][cH-][cH-]1. The van der Waals surface area contributed by atoms with Crippen LogP contribution in [0.4, 0.5) is 4.79 Å². The molecule has 2 aromatic rings. The molecule has 0 bridgehead atoms. The molecule has 2 heterocycles. The fourth-order valence-electron chi connectivity index (χ4n) is 3.29. The molecule has 3 nitrogen and oxygen atoms in total. The number of carbonyl (C=O) groups is 1. The maximum absolute atomic E-state index is 11.3. The van der Waals surface area contributed by atoms with Crippen LogP contribution >= 0.6 is 11.8 Å². The molecule has 2 fully saturated rings. The summed E-state index contributed by atoms with van der Waals surface area (Å²) in [7, 11) is 0. The second-order valence-electron chi connectivity index (χ2n) is 6.49. The Kier molecular flexibility index (Phi) is 9.10. The summed E-state index contributed by atoms with van der Waals surface area (Å²) >= 11 is 2.00. The van der Waals surface area contributed by atoms with E-state index in [1.54, 1.807) is 0 Å². The van der Waals surface area contributed by atoms with Crippen molar-refractivity contribution in [2.75, 3.05) is 5.75 Å². The molecule has 26 heavy (non-hydrogen) atoms. The van der Waals surface area contributed by atoms with E-state index >= 15 is 0 Å². The zero-order valence-electron chi connectivity index (χ0n) is 14.8. The minimum absolute atomic E-state index is 0. The summed E-state index contributed by atoms with van der Waals surface area (Å²) in [5, 5.41) is 6.64. The Morgan fingerprint density at radius 1 is 1.12 bits per heavy atom. The molecule has 2 amide bonds. The molecule has 2 N–H and O–H groups in total. The van der Waals surface area contributed by atoms with Gasteiger partial charge in [0.05, 0.1) is 12.1 Å². The van der Waals surface area contributed by atoms with E-state index in [4.69, 9.17) is 0 Å². The van der Waals surface area contributed by atoms with Crippen LogP contribution in [-0.2, 0) is 17.1 Å². The summed E-state index contributed by atoms with van der Waals surface area (Å²) in [6.45, 7) is 0. The number of carbonyl (C=O) groups excluding carboxylic acids is 1. The third-order valence-corrected chi connectivity index (χ3v) is 6.11. The van der Waals surface area contributed by atoms with Gasteiger partial charge in [-0.2, -0.15) is 30.0 Å². The minimum atomic E-state index is 0. The number of fused-ring (bicyclic) bond motifs is 1. The summed E-state index contributed by atoms with van der Waals surface area (Å²) in [5.74, 6) is 1.06. The summed E-state index contributed by atoms with van der Waals surface area (Å²) in [5.41, 5.74) is 1.29. The van der Waals surface area contributed by atoms with E-state index in [2.05, 4.69) is 47.1 Å². The van der Waals surface area contributed by atoms with Gasteiger partial charge in [-0.05, 0) is 6.42 Å². The molecule has 5 heteroatoms. The minimum Gasteiger partial charge on any atom is -0.748 e. The van der Waals surface area contributed by atoms with Crippen LogP contribution in [0.15, 0.2) is 60.7 Å². The molecule has 0 spiro atoms. The average Bonchev–Trinajstić information content (AvgIpc) is 3.37. The predicted molar refractivity (Wildman–Crippen MR) is 107 cm³/mol. The van der Waals surface area contributed by atoms with Crippen LogP contribution in [0.2, 0.25) is 0 Å². The van der Waals surface area contributed by atoms with E-state index in [1.165, 1.54) is 24.8 Å². The molecule has 0 aromatic heterocycles. The van der Waals surface area contributed by atoms with Crippen molar-refractivity contribution in [3.05, 3.63) is 66.2 Å². The molecule has 2 aliphatic rings. The Morgan fingerprint density at radius 2 is 1.81 bits per heavy atom. The Hall–Kier alpha value is -1.42. The van der Waals surface area contributed by atoms with E-state index in [0.717, 1.165) is 12.2 Å². The van der Waals surface area contributed by atoms with Gasteiger partial charge in [0.2, 0.25) is 0 Å². The van der Waals surface area contributed by atoms with E-state index in [9.17, 15) is 4.79 Å². The van der Waals surface area contributed by atoms with Crippen molar-refractivity contribution in [1.29, 1.82) is 0 Å². The topological polar surface area (TPSA) is 41.1 Å². The summed E-state index contributed by atoms with van der Waals surface area (Å²) < 4.78 is 0. The monoisotopic (exact) mass is 410 g/mol. The van der Waals surface area contributed by atoms with Gasteiger partial charge in [0.15, 0.2) is 0 Å². The zero-order valence-corrected chi connectivity index (χ0v) is 16.7. The number of nitrogens with one attached hydrogen (secondary N) is 2. The van der Waals surface area contributed by atoms with Crippen molar-refractivity contribution in [3.8, 4) is 0 Å². The quantitative estimate of drug-likeness (QED) is 0.318. The molecule has 0 unspecified atom stereocenters. The van der Waals surface area contributed by atoms with Gasteiger partial charge in [-0.15, -0.1) is 23.8 Å². The number of unbranched alkanes of at least 4 members (excludes halogenated alkanes) is 2. The number of hydrogen-bond donors (Lipinski definition) is 2. The van der Waals surface area contributed by atoms with Crippen LogP contribution in [0, 0.1) is 0 Å². The number of allylic oxidation sites excluding steroid dienone is 1. The van der Waals surface area contributed by atoms with Crippen LogP contribution in [-0.4, -0.2) is 29.1 Å². The van der Waals surface area contributed by atoms with Crippen molar-refractivity contribution < 1.29 is 21.9 Å². The van der Waals surface area contributed by atoms with E-state index in [1.807, 2.05) is 42.1 Å². The van der Waals surface area contributed by atoms with Crippen molar-refractivity contribution in [2.24, 2.45) is 0 Å². The first-order valence-electron chi connectivity index (χ1n) is 9.06. The number of hydrogen-bond acceptors (Lipinski definition) is 2. The van der Waals surface area contributed by atoms with E-state index in [0.29, 0.717) is 17.3 Å². The second kappa shape index (κ2) is 11.3. The third-order valence-electron chi connectivity index (χ3n) is 4.60. The molecule has 146 valence electrons. The van der Waals surface area contributed by atoms with Crippen molar-refractivity contribution >= 4 is 23.9 Å². The second-order valence-corrected chi connectivity index (χ2v) is 7.76. The first kappa shape index (κ1) is 20.9. The molecule has 3 atom stereocenters. The third kappa shape index (κ3) is 6.39. The van der Waals surface area contributed by atoms with Crippen LogP contribution in [0.3, 0.4) is 0 Å². The van der Waals surface area contributed by atoms with E-state index < -0.39 is 0 Å². The molecule has 0 aliphatic carbocycles. The van der Waals surface area contributed by atoms with Gasteiger partial charge in [0.25, 0.3) is 0 Å². The average molecular weight is 410 g/mol. The van der Waals surface area contributed by atoms with Crippen LogP contribution in [0.25, 0.3) is 6.08 Å². The number of amides is 2. The van der Waals surface area contributed by atoms with Gasteiger partial charge in [0, 0.05) is 28.1 Å². The fraction of sp³-hybridized carbons (Fsp3) is 0.381. The Morgan fingerprint density at radius 3 is 2.50 bits per heavy atom. The van der Waals surface area contributed by atoms with Crippen molar-refractivity contribution in [1.82, 2.24) is 10.6 Å².